The number of esters is 1. The molecule has 0 radical (unpaired) electrons. The van der Waals surface area contributed by atoms with Crippen molar-refractivity contribution in [3.63, 3.8) is 0 Å². The Morgan fingerprint density at radius 3 is 2.33 bits per heavy atom. The number of nitrogens with two attached hydrogens (primary N) is 1. The third-order valence-electron chi connectivity index (χ3n) is 7.68. The van der Waals surface area contributed by atoms with Gasteiger partial charge >= 0.3 is 12.0 Å². The van der Waals surface area contributed by atoms with Crippen LogP contribution in [0.25, 0.3) is 0 Å². The Morgan fingerprint density at radius 1 is 1.00 bits per heavy atom. The number of piperazine rings is 1. The first-order chi connectivity index (χ1) is 19.4. The summed E-state index contributed by atoms with van der Waals surface area (Å²) in [5.74, 6) is -0.380. The van der Waals surface area contributed by atoms with Crippen LogP contribution in [0.15, 0.2) is 30.6 Å². The maximum atomic E-state index is 15.2. The number of carbonyl (C=O) groups is 2. The van der Waals surface area contributed by atoms with Gasteiger partial charge in [-0.3, -0.25) is 15.0 Å². The van der Waals surface area contributed by atoms with E-state index in [1.54, 1.807) is 30.6 Å². The van der Waals surface area contributed by atoms with E-state index in [9.17, 15) is 9.59 Å². The second kappa shape index (κ2) is 12.5. The van der Waals surface area contributed by atoms with Gasteiger partial charge in [-0.25, -0.2) is 14.4 Å². The minimum Gasteiger partial charge on any atom is -0.463 e. The lowest BCUT2D eigenvalue weighted by molar-refractivity contribution is -0.143. The van der Waals surface area contributed by atoms with Gasteiger partial charge in [-0.1, -0.05) is 12.1 Å². The summed E-state index contributed by atoms with van der Waals surface area (Å²) in [7, 11) is 0. The van der Waals surface area contributed by atoms with Crippen LogP contribution in [0.1, 0.15) is 37.7 Å². The highest BCUT2D eigenvalue weighted by Gasteiger charge is 2.35. The zero-order chi connectivity index (χ0) is 28.1. The molecule has 1 aromatic carbocycles. The van der Waals surface area contributed by atoms with E-state index in [2.05, 4.69) is 14.9 Å². The van der Waals surface area contributed by atoms with Crippen LogP contribution in [0.5, 0.6) is 6.01 Å². The first-order valence-corrected chi connectivity index (χ1v) is 13.9. The van der Waals surface area contributed by atoms with E-state index in [1.807, 2.05) is 9.80 Å². The number of carbonyl (C=O) groups excluding carboxylic acids is 2. The van der Waals surface area contributed by atoms with Gasteiger partial charge < -0.3 is 29.9 Å². The maximum Gasteiger partial charge on any atom is 0.316 e. The van der Waals surface area contributed by atoms with Gasteiger partial charge in [0, 0.05) is 50.7 Å². The third-order valence-corrected chi connectivity index (χ3v) is 7.68. The minimum atomic E-state index is -0.660. The van der Waals surface area contributed by atoms with Crippen LogP contribution in [0.4, 0.5) is 15.8 Å². The van der Waals surface area contributed by atoms with Crippen molar-refractivity contribution in [1.82, 2.24) is 14.9 Å². The molecule has 3 heterocycles. The molecule has 214 valence electrons. The second-order valence-electron chi connectivity index (χ2n) is 10.7. The highest BCUT2D eigenvalue weighted by atomic mass is 19.1. The predicted molar refractivity (Wildman–Crippen MR) is 147 cm³/mol. The largest absolute Gasteiger partial charge is 0.463 e. The molecule has 0 bridgehead atoms. The smallest absolute Gasteiger partial charge is 0.316 e. The Kier molecular flexibility index (Phi) is 8.61. The normalized spacial score (nSPS) is 18.0. The van der Waals surface area contributed by atoms with Crippen molar-refractivity contribution in [2.24, 2.45) is 17.6 Å². The zero-order valence-corrected chi connectivity index (χ0v) is 22.6. The zero-order valence-electron chi connectivity index (χ0n) is 22.6. The molecule has 3 N–H and O–H groups in total. The van der Waals surface area contributed by atoms with E-state index < -0.39 is 11.8 Å². The molecule has 1 amide bonds. The molecule has 1 aromatic heterocycles. The molecule has 5 rings (SSSR count). The van der Waals surface area contributed by atoms with Crippen LogP contribution in [0.2, 0.25) is 0 Å². The number of nitrogens with zero attached hydrogens (tertiary/aromatic N) is 5. The summed E-state index contributed by atoms with van der Waals surface area (Å²) in [5.41, 5.74) is 6.83. The molecule has 0 atom stereocenters. The summed E-state index contributed by atoms with van der Waals surface area (Å²) in [5, 5.41) is 7.16. The fourth-order valence-electron chi connectivity index (χ4n) is 5.14. The van der Waals surface area contributed by atoms with E-state index in [-0.39, 0.29) is 30.3 Å². The van der Waals surface area contributed by atoms with Crippen LogP contribution < -0.4 is 20.3 Å². The van der Waals surface area contributed by atoms with E-state index in [1.165, 1.54) is 0 Å². The van der Waals surface area contributed by atoms with Crippen molar-refractivity contribution in [1.29, 1.82) is 5.41 Å². The standard InChI is InChI=1S/C28H36FN7O4/c29-26-21(18-39-25(37)14-24(30)31)2-1-3-23(26)35-12-10-34(11-13-35)22-15-32-28(33-16-22)40-17-19-6-8-36(9-7-19)27(38)20-4-5-20/h1-3,15-16,19-20H,4-14,17-18H2,(H3,30,31). The Bertz CT molecular complexity index is 1210. The Balaban J connectivity index is 1.07. The number of amidine groups is 1. The molecule has 3 aliphatic rings. The van der Waals surface area contributed by atoms with Crippen LogP contribution in [0, 0.1) is 23.1 Å². The highest BCUT2D eigenvalue weighted by Crippen LogP contribution is 2.32. The van der Waals surface area contributed by atoms with Gasteiger partial charge in [-0.2, -0.15) is 0 Å². The Morgan fingerprint density at radius 2 is 1.68 bits per heavy atom. The van der Waals surface area contributed by atoms with E-state index in [4.69, 9.17) is 20.6 Å². The maximum absolute atomic E-state index is 15.2. The van der Waals surface area contributed by atoms with Crippen LogP contribution in [-0.4, -0.2) is 78.5 Å². The molecule has 2 aliphatic heterocycles. The van der Waals surface area contributed by atoms with Gasteiger partial charge in [0.1, 0.15) is 18.9 Å². The number of aromatic nitrogens is 2. The average molecular weight is 554 g/mol. The number of hydrogen-bond donors (Lipinski definition) is 2. The first-order valence-electron chi connectivity index (χ1n) is 13.9. The molecule has 11 nitrogen and oxygen atoms in total. The summed E-state index contributed by atoms with van der Waals surface area (Å²) in [6.07, 6.45) is 7.16. The van der Waals surface area contributed by atoms with Crippen molar-refractivity contribution < 1.29 is 23.5 Å². The number of anilines is 2. The van der Waals surface area contributed by atoms with Gasteiger partial charge in [0.15, 0.2) is 5.82 Å². The number of ether oxygens (including phenoxy) is 2. The number of piperidine rings is 1. The van der Waals surface area contributed by atoms with Crippen LogP contribution in [-0.2, 0) is 20.9 Å². The van der Waals surface area contributed by atoms with E-state index in [0.717, 1.165) is 44.5 Å². The summed E-state index contributed by atoms with van der Waals surface area (Å²) in [4.78, 5) is 38.8. The summed E-state index contributed by atoms with van der Waals surface area (Å²) in [6, 6.07) is 5.39. The van der Waals surface area contributed by atoms with Gasteiger partial charge in [-0.05, 0) is 37.7 Å². The SMILES string of the molecule is N=C(N)CC(=O)OCc1cccc(N2CCN(c3cnc(OCC4CCN(C(=O)C5CC5)CC4)nc3)CC2)c1F. The number of rotatable bonds is 10. The number of hydrogen-bond acceptors (Lipinski definition) is 9. The fourth-order valence-corrected chi connectivity index (χ4v) is 5.14. The van der Waals surface area contributed by atoms with E-state index in [0.29, 0.717) is 56.3 Å². The molecule has 0 spiro atoms. The second-order valence-corrected chi connectivity index (χ2v) is 10.7. The molecule has 3 fully saturated rings. The Labute approximate surface area is 232 Å². The lowest BCUT2D eigenvalue weighted by Crippen LogP contribution is -2.47. The number of nitrogens with one attached hydrogen (secondary N) is 1. The number of amides is 1. The monoisotopic (exact) mass is 553 g/mol. The molecule has 1 aliphatic carbocycles. The molecule has 0 unspecified atom stereocenters. The lowest BCUT2D eigenvalue weighted by Gasteiger charge is -2.37. The lowest BCUT2D eigenvalue weighted by atomic mass is 9.97. The first kappa shape index (κ1) is 27.6. The summed E-state index contributed by atoms with van der Waals surface area (Å²) in [6.45, 7) is 4.48. The third kappa shape index (κ3) is 6.97. The minimum absolute atomic E-state index is 0.212. The molecule has 40 heavy (non-hydrogen) atoms. The van der Waals surface area contributed by atoms with Crippen molar-refractivity contribution in [3.8, 4) is 6.01 Å². The number of likely N-dealkylation sites (tertiary alicyclic amines) is 1. The van der Waals surface area contributed by atoms with Gasteiger partial charge in [0.2, 0.25) is 5.91 Å². The highest BCUT2D eigenvalue weighted by molar-refractivity contribution is 5.94. The van der Waals surface area contributed by atoms with Gasteiger partial charge in [-0.15, -0.1) is 0 Å². The molecular weight excluding hydrogens is 517 g/mol. The molecule has 2 aromatic rings. The van der Waals surface area contributed by atoms with Crippen LogP contribution >= 0.6 is 0 Å². The van der Waals surface area contributed by atoms with Crippen molar-refractivity contribution in [2.75, 3.05) is 55.7 Å². The predicted octanol–water partition coefficient (Wildman–Crippen LogP) is 2.34. The van der Waals surface area contributed by atoms with Crippen molar-refractivity contribution >= 4 is 29.1 Å². The molecule has 1 saturated carbocycles. The number of benzene rings is 1. The summed E-state index contributed by atoms with van der Waals surface area (Å²) < 4.78 is 26.1. The van der Waals surface area contributed by atoms with Crippen molar-refractivity contribution in [3.05, 3.63) is 42.0 Å². The van der Waals surface area contributed by atoms with Gasteiger partial charge in [0.25, 0.3) is 0 Å². The summed E-state index contributed by atoms with van der Waals surface area (Å²) >= 11 is 0. The fraction of sp³-hybridized carbons (Fsp3) is 0.536. The van der Waals surface area contributed by atoms with Crippen LogP contribution in [0.3, 0.4) is 0 Å². The number of halogens is 1. The molecule has 12 heteroatoms. The van der Waals surface area contributed by atoms with Crippen molar-refractivity contribution in [2.45, 2.75) is 38.7 Å². The van der Waals surface area contributed by atoms with E-state index >= 15 is 4.39 Å². The topological polar surface area (TPSA) is 138 Å². The quantitative estimate of drug-likeness (QED) is 0.258. The molecule has 2 saturated heterocycles. The Hall–Kier alpha value is -3.96. The molecular formula is C28H36FN7O4. The average Bonchev–Trinajstić information content (AvgIpc) is 3.81. The van der Waals surface area contributed by atoms with Gasteiger partial charge in [0.05, 0.1) is 30.4 Å².